The Kier molecular flexibility index (Phi) is 2.02. The lowest BCUT2D eigenvalue weighted by atomic mass is 10.2. The first kappa shape index (κ1) is 8.60. The zero-order valence-corrected chi connectivity index (χ0v) is 8.62. The lowest BCUT2D eigenvalue weighted by Gasteiger charge is -1.90. The number of halogens is 2. The van der Waals surface area contributed by atoms with Gasteiger partial charge >= 0.3 is 0 Å². The van der Waals surface area contributed by atoms with Gasteiger partial charge in [0.1, 0.15) is 5.82 Å². The van der Waals surface area contributed by atoms with E-state index in [4.69, 9.17) is 5.26 Å². The summed E-state index contributed by atoms with van der Waals surface area (Å²) in [5, 5.41) is 8.58. The van der Waals surface area contributed by atoms with Crippen molar-refractivity contribution in [1.82, 2.24) is 4.98 Å². The fraction of sp³-hybridized carbons (Fsp3) is 0. The van der Waals surface area contributed by atoms with Crippen LogP contribution in [-0.4, -0.2) is 4.98 Å². The fourth-order valence-electron chi connectivity index (χ4n) is 1.03. The van der Waals surface area contributed by atoms with Gasteiger partial charge in [-0.15, -0.1) is 11.3 Å². The smallest absolute Gasteiger partial charge is 0.160 e. The summed E-state index contributed by atoms with van der Waals surface area (Å²) in [7, 11) is 0. The third-order valence-corrected chi connectivity index (χ3v) is 3.08. The van der Waals surface area contributed by atoms with E-state index in [1.165, 1.54) is 17.4 Å². The van der Waals surface area contributed by atoms with Crippen molar-refractivity contribution in [3.05, 3.63) is 27.4 Å². The molecule has 0 amide bonds. The molecule has 0 radical (unpaired) electrons. The second kappa shape index (κ2) is 3.05. The second-order valence-corrected chi connectivity index (χ2v) is 4.66. The van der Waals surface area contributed by atoms with Crippen LogP contribution in [0.5, 0.6) is 0 Å². The van der Waals surface area contributed by atoms with Crippen molar-refractivity contribution in [3.63, 3.8) is 0 Å². The van der Waals surface area contributed by atoms with Crippen LogP contribution in [0.25, 0.3) is 10.2 Å². The Balaban J connectivity index is 2.85. The van der Waals surface area contributed by atoms with Crippen molar-refractivity contribution in [1.29, 1.82) is 5.26 Å². The molecular weight excluding hydrogens is 255 g/mol. The van der Waals surface area contributed by atoms with Crippen LogP contribution in [0, 0.1) is 17.1 Å². The largest absolute Gasteiger partial charge is 0.229 e. The molecule has 0 unspecified atom stereocenters. The van der Waals surface area contributed by atoms with E-state index in [9.17, 15) is 4.39 Å². The van der Waals surface area contributed by atoms with Crippen molar-refractivity contribution in [3.8, 4) is 6.07 Å². The zero-order chi connectivity index (χ0) is 9.42. The van der Waals surface area contributed by atoms with E-state index in [0.29, 0.717) is 19.7 Å². The Morgan fingerprint density at radius 1 is 1.54 bits per heavy atom. The van der Waals surface area contributed by atoms with Crippen LogP contribution in [0.15, 0.2) is 16.0 Å². The SMILES string of the molecule is N#Cc1cc(F)c2sc(Br)nc2c1. The molecule has 2 aromatic rings. The molecule has 1 heterocycles. The molecule has 0 spiro atoms. The zero-order valence-electron chi connectivity index (χ0n) is 6.21. The van der Waals surface area contributed by atoms with Gasteiger partial charge in [-0.25, -0.2) is 9.37 Å². The normalized spacial score (nSPS) is 10.2. The van der Waals surface area contributed by atoms with E-state index < -0.39 is 5.82 Å². The summed E-state index contributed by atoms with van der Waals surface area (Å²) in [6, 6.07) is 4.66. The Hall–Kier alpha value is -0.990. The molecule has 0 aliphatic heterocycles. The molecule has 0 N–H and O–H groups in total. The van der Waals surface area contributed by atoms with Crippen LogP contribution in [-0.2, 0) is 0 Å². The van der Waals surface area contributed by atoms with E-state index in [2.05, 4.69) is 20.9 Å². The molecule has 1 aromatic carbocycles. The van der Waals surface area contributed by atoms with Gasteiger partial charge in [-0.05, 0) is 28.1 Å². The van der Waals surface area contributed by atoms with Gasteiger partial charge in [0.25, 0.3) is 0 Å². The topological polar surface area (TPSA) is 36.7 Å². The predicted octanol–water partition coefficient (Wildman–Crippen LogP) is 3.07. The molecule has 0 saturated heterocycles. The maximum absolute atomic E-state index is 13.2. The van der Waals surface area contributed by atoms with Gasteiger partial charge in [-0.1, -0.05) is 0 Å². The Labute approximate surface area is 85.8 Å². The molecule has 0 aliphatic carbocycles. The van der Waals surface area contributed by atoms with E-state index in [-0.39, 0.29) is 0 Å². The molecule has 0 fully saturated rings. The molecule has 2 nitrogen and oxygen atoms in total. The first-order valence-corrected chi connectivity index (χ1v) is 4.97. The van der Waals surface area contributed by atoms with Crippen LogP contribution in [0.3, 0.4) is 0 Å². The van der Waals surface area contributed by atoms with Crippen molar-refractivity contribution in [2.45, 2.75) is 0 Å². The molecule has 0 bridgehead atoms. The van der Waals surface area contributed by atoms with Gasteiger partial charge in [0.2, 0.25) is 0 Å². The van der Waals surface area contributed by atoms with Gasteiger partial charge in [-0.2, -0.15) is 5.26 Å². The van der Waals surface area contributed by atoms with E-state index in [1.807, 2.05) is 6.07 Å². The average molecular weight is 257 g/mol. The second-order valence-electron chi connectivity index (χ2n) is 2.38. The van der Waals surface area contributed by atoms with Gasteiger partial charge in [0.05, 0.1) is 21.8 Å². The highest BCUT2D eigenvalue weighted by molar-refractivity contribution is 9.11. The molecule has 0 aliphatic rings. The van der Waals surface area contributed by atoms with E-state index >= 15 is 0 Å². The lowest BCUT2D eigenvalue weighted by Crippen LogP contribution is -1.79. The molecule has 1 aromatic heterocycles. The lowest BCUT2D eigenvalue weighted by molar-refractivity contribution is 0.641. The minimum atomic E-state index is -0.391. The standard InChI is InChI=1S/C8H2BrFN2S/c9-8-12-6-2-4(3-11)1-5(10)7(6)13-8/h1-2H. The quantitative estimate of drug-likeness (QED) is 0.727. The summed E-state index contributed by atoms with van der Waals surface area (Å²) < 4.78 is 14.3. The number of rotatable bonds is 0. The van der Waals surface area contributed by atoms with Crippen LogP contribution in [0.4, 0.5) is 4.39 Å². The van der Waals surface area contributed by atoms with E-state index in [0.717, 1.165) is 0 Å². The average Bonchev–Trinajstić information content (AvgIpc) is 2.46. The molecule has 0 saturated carbocycles. The summed E-state index contributed by atoms with van der Waals surface area (Å²) in [6.07, 6.45) is 0. The number of thiazole rings is 1. The van der Waals surface area contributed by atoms with Crippen LogP contribution >= 0.6 is 27.3 Å². The molecule has 64 valence electrons. The van der Waals surface area contributed by atoms with E-state index in [1.54, 1.807) is 6.07 Å². The predicted molar refractivity (Wildman–Crippen MR) is 52.0 cm³/mol. The van der Waals surface area contributed by atoms with Crippen LogP contribution in [0.1, 0.15) is 5.56 Å². The summed E-state index contributed by atoms with van der Waals surface area (Å²) in [4.78, 5) is 4.03. The van der Waals surface area contributed by atoms with Crippen molar-refractivity contribution in [2.75, 3.05) is 0 Å². The third-order valence-electron chi connectivity index (χ3n) is 1.55. The number of hydrogen-bond donors (Lipinski definition) is 0. The minimum absolute atomic E-state index is 0.294. The van der Waals surface area contributed by atoms with Gasteiger partial charge < -0.3 is 0 Å². The number of aromatic nitrogens is 1. The summed E-state index contributed by atoms with van der Waals surface area (Å²) in [5.41, 5.74) is 0.816. The summed E-state index contributed by atoms with van der Waals surface area (Å²) >= 11 is 4.38. The monoisotopic (exact) mass is 256 g/mol. The first-order valence-electron chi connectivity index (χ1n) is 3.36. The molecule has 0 atom stereocenters. The van der Waals surface area contributed by atoms with Gasteiger partial charge in [0, 0.05) is 0 Å². The van der Waals surface area contributed by atoms with Crippen LogP contribution < -0.4 is 0 Å². The molecular formula is C8H2BrFN2S. The molecule has 13 heavy (non-hydrogen) atoms. The Bertz CT molecular complexity index is 515. The van der Waals surface area contributed by atoms with Gasteiger partial charge in [0.15, 0.2) is 3.92 Å². The molecule has 5 heteroatoms. The Morgan fingerprint density at radius 2 is 2.31 bits per heavy atom. The van der Waals surface area contributed by atoms with Crippen molar-refractivity contribution < 1.29 is 4.39 Å². The number of nitrogens with zero attached hydrogens (tertiary/aromatic N) is 2. The summed E-state index contributed by atoms with van der Waals surface area (Å²) in [6.45, 7) is 0. The molecule has 2 rings (SSSR count). The van der Waals surface area contributed by atoms with Crippen molar-refractivity contribution >= 4 is 37.5 Å². The highest BCUT2D eigenvalue weighted by Gasteiger charge is 2.08. The fourth-order valence-corrected chi connectivity index (χ4v) is 2.38. The van der Waals surface area contributed by atoms with Gasteiger partial charge in [-0.3, -0.25) is 0 Å². The van der Waals surface area contributed by atoms with Crippen molar-refractivity contribution in [2.24, 2.45) is 0 Å². The highest BCUT2D eigenvalue weighted by atomic mass is 79.9. The maximum atomic E-state index is 13.2. The first-order chi connectivity index (χ1) is 6.20. The maximum Gasteiger partial charge on any atom is 0.160 e. The minimum Gasteiger partial charge on any atom is -0.229 e. The number of benzene rings is 1. The number of fused-ring (bicyclic) bond motifs is 1. The highest BCUT2D eigenvalue weighted by Crippen LogP contribution is 2.28. The third kappa shape index (κ3) is 1.43. The Morgan fingerprint density at radius 3 is 3.00 bits per heavy atom. The summed E-state index contributed by atoms with van der Waals surface area (Å²) in [5.74, 6) is -0.391. The number of nitriles is 1. The number of hydrogen-bond acceptors (Lipinski definition) is 3. The van der Waals surface area contributed by atoms with Crippen LogP contribution in [0.2, 0.25) is 0 Å².